The molecule has 12 heteroatoms. The van der Waals surface area contributed by atoms with Crippen LogP contribution in [0.1, 0.15) is 82.3 Å². The van der Waals surface area contributed by atoms with E-state index in [9.17, 15) is 8.42 Å². The molecule has 2 N–H and O–H groups in total. The molecule has 0 unspecified atom stereocenters. The monoisotopic (exact) mass is 627 g/mol. The lowest BCUT2D eigenvalue weighted by molar-refractivity contribution is 0.181. The Kier molecular flexibility index (Phi) is 8.59. The fourth-order valence-electron chi connectivity index (χ4n) is 6.31. The molecule has 10 nitrogen and oxygen atoms in total. The number of halogens is 1. The van der Waals surface area contributed by atoms with Gasteiger partial charge >= 0.3 is 0 Å². The molecule has 2 aliphatic carbocycles. The van der Waals surface area contributed by atoms with Crippen LogP contribution < -0.4 is 15.4 Å². The van der Waals surface area contributed by atoms with Gasteiger partial charge in [0.15, 0.2) is 5.82 Å². The number of likely N-dealkylation sites (tertiary alicyclic amines) is 1. The lowest BCUT2D eigenvalue weighted by atomic mass is 9.79. The smallest absolute Gasteiger partial charge is 0.229 e. The third kappa shape index (κ3) is 6.63. The van der Waals surface area contributed by atoms with Crippen LogP contribution in [-0.4, -0.2) is 63.6 Å². The summed E-state index contributed by atoms with van der Waals surface area (Å²) in [5.41, 5.74) is 3.70. The van der Waals surface area contributed by atoms with Gasteiger partial charge in [0.1, 0.15) is 10.8 Å². The van der Waals surface area contributed by atoms with Crippen molar-refractivity contribution in [3.8, 4) is 5.75 Å². The summed E-state index contributed by atoms with van der Waals surface area (Å²) in [7, 11) is -1.96. The zero-order chi connectivity index (χ0) is 30.3. The summed E-state index contributed by atoms with van der Waals surface area (Å²) in [4.78, 5) is 11.7. The number of sulfone groups is 1. The minimum absolute atomic E-state index is 0.0463. The van der Waals surface area contributed by atoms with Crippen molar-refractivity contribution in [2.75, 3.05) is 23.7 Å². The van der Waals surface area contributed by atoms with Gasteiger partial charge in [-0.15, -0.1) is 0 Å². The molecule has 232 valence electrons. The number of rotatable bonds is 10. The van der Waals surface area contributed by atoms with Crippen LogP contribution in [0.2, 0.25) is 5.02 Å². The fraction of sp³-hybridized carbons (Fsp3) is 0.581. The Bertz CT molecular complexity index is 1570. The van der Waals surface area contributed by atoms with Crippen molar-refractivity contribution in [1.29, 1.82) is 0 Å². The van der Waals surface area contributed by atoms with Gasteiger partial charge in [0.05, 0.1) is 28.9 Å². The average molecular weight is 628 g/mol. The number of aromatic nitrogens is 4. The second-order valence-electron chi connectivity index (χ2n) is 12.5. The van der Waals surface area contributed by atoms with E-state index in [0.29, 0.717) is 17.6 Å². The predicted molar refractivity (Wildman–Crippen MR) is 170 cm³/mol. The van der Waals surface area contributed by atoms with Gasteiger partial charge in [0.25, 0.3) is 0 Å². The molecule has 3 aliphatic rings. The van der Waals surface area contributed by atoms with E-state index in [2.05, 4.69) is 49.7 Å². The lowest BCUT2D eigenvalue weighted by Crippen LogP contribution is -2.35. The number of ether oxygens (including phenoxy) is 1. The first-order chi connectivity index (χ1) is 20.6. The molecular formula is C31H42ClN7O3S. The van der Waals surface area contributed by atoms with Gasteiger partial charge in [-0.1, -0.05) is 11.6 Å². The molecule has 1 saturated heterocycles. The molecule has 0 atom stereocenters. The molecule has 1 aliphatic heterocycles. The van der Waals surface area contributed by atoms with Gasteiger partial charge < -0.3 is 20.3 Å². The quantitative estimate of drug-likeness (QED) is 0.260. The lowest BCUT2D eigenvalue weighted by Gasteiger charge is -2.35. The summed E-state index contributed by atoms with van der Waals surface area (Å²) in [6, 6.07) is 5.10. The fourth-order valence-corrected chi connectivity index (χ4v) is 7.55. The first-order valence-electron chi connectivity index (χ1n) is 15.5. The van der Waals surface area contributed by atoms with Crippen LogP contribution in [-0.2, 0) is 16.9 Å². The molecule has 0 bridgehead atoms. The van der Waals surface area contributed by atoms with E-state index in [0.717, 1.165) is 30.3 Å². The van der Waals surface area contributed by atoms with E-state index in [1.165, 1.54) is 73.6 Å². The minimum Gasteiger partial charge on any atom is -0.488 e. The molecule has 0 radical (unpaired) electrons. The molecule has 0 amide bonds. The largest absolute Gasteiger partial charge is 0.488 e. The van der Waals surface area contributed by atoms with Crippen LogP contribution in [0.5, 0.6) is 5.75 Å². The van der Waals surface area contributed by atoms with Gasteiger partial charge in [0, 0.05) is 19.3 Å². The van der Waals surface area contributed by atoms with Crippen molar-refractivity contribution in [2.45, 2.75) is 100 Å². The summed E-state index contributed by atoms with van der Waals surface area (Å²) >= 11 is 6.46. The third-order valence-electron chi connectivity index (χ3n) is 8.91. The SMILES string of the molecule is Cc1cc(Nc2ncc(Cl)c(Nc3cn(C)nc3S(=O)(=O)C(C)C)n2)c(OC2CC2)cc1C1CCC(N2CCCC2)CC1. The Morgan fingerprint density at radius 3 is 2.42 bits per heavy atom. The van der Waals surface area contributed by atoms with E-state index < -0.39 is 15.1 Å². The summed E-state index contributed by atoms with van der Waals surface area (Å²) in [5, 5.41) is 10.2. The summed E-state index contributed by atoms with van der Waals surface area (Å²) in [6.45, 7) is 7.95. The van der Waals surface area contributed by atoms with Crippen LogP contribution in [0.25, 0.3) is 0 Å². The highest BCUT2D eigenvalue weighted by Gasteiger charge is 2.31. The maximum atomic E-state index is 12.9. The number of hydrogen-bond donors (Lipinski definition) is 2. The van der Waals surface area contributed by atoms with Crippen LogP contribution >= 0.6 is 11.6 Å². The van der Waals surface area contributed by atoms with E-state index >= 15 is 0 Å². The number of benzene rings is 1. The van der Waals surface area contributed by atoms with Crippen LogP contribution in [0.15, 0.2) is 29.6 Å². The molecule has 2 aromatic heterocycles. The van der Waals surface area contributed by atoms with E-state index in [1.54, 1.807) is 27.1 Å². The summed E-state index contributed by atoms with van der Waals surface area (Å²) in [6.07, 6.45) is 13.1. The van der Waals surface area contributed by atoms with Crippen molar-refractivity contribution < 1.29 is 13.2 Å². The van der Waals surface area contributed by atoms with Crippen molar-refractivity contribution in [2.24, 2.45) is 7.05 Å². The topological polar surface area (TPSA) is 114 Å². The zero-order valence-corrected chi connectivity index (χ0v) is 27.0. The van der Waals surface area contributed by atoms with Crippen molar-refractivity contribution >= 4 is 44.6 Å². The first kappa shape index (κ1) is 30.1. The molecule has 3 aromatic rings. The van der Waals surface area contributed by atoms with Crippen molar-refractivity contribution in [3.63, 3.8) is 0 Å². The minimum atomic E-state index is -3.63. The van der Waals surface area contributed by atoms with Crippen LogP contribution in [0, 0.1) is 6.92 Å². The Hall–Kier alpha value is -2.89. The molecule has 0 spiro atoms. The van der Waals surface area contributed by atoms with Gasteiger partial charge in [0.2, 0.25) is 20.8 Å². The molecule has 1 aromatic carbocycles. The Morgan fingerprint density at radius 2 is 1.74 bits per heavy atom. The predicted octanol–water partition coefficient (Wildman–Crippen LogP) is 6.50. The maximum Gasteiger partial charge on any atom is 0.229 e. The second kappa shape index (κ2) is 12.2. The molecular weight excluding hydrogens is 586 g/mol. The highest BCUT2D eigenvalue weighted by molar-refractivity contribution is 7.92. The first-order valence-corrected chi connectivity index (χ1v) is 17.4. The molecule has 3 heterocycles. The second-order valence-corrected chi connectivity index (χ2v) is 15.4. The molecule has 6 rings (SSSR count). The Balaban J connectivity index is 1.23. The highest BCUT2D eigenvalue weighted by Crippen LogP contribution is 2.42. The molecule has 43 heavy (non-hydrogen) atoms. The summed E-state index contributed by atoms with van der Waals surface area (Å²) in [5.74, 6) is 1.95. The van der Waals surface area contributed by atoms with Crippen LogP contribution in [0.3, 0.4) is 0 Å². The molecule has 2 saturated carbocycles. The van der Waals surface area contributed by atoms with E-state index in [-0.39, 0.29) is 22.0 Å². The van der Waals surface area contributed by atoms with Crippen LogP contribution in [0.4, 0.5) is 23.1 Å². The number of nitrogens with one attached hydrogen (secondary N) is 2. The van der Waals surface area contributed by atoms with Gasteiger partial charge in [-0.2, -0.15) is 10.1 Å². The number of anilines is 4. The normalized spacial score (nSPS) is 21.3. The Labute approximate surface area is 259 Å². The molecule has 3 fully saturated rings. The van der Waals surface area contributed by atoms with Gasteiger partial charge in [-0.25, -0.2) is 13.4 Å². The van der Waals surface area contributed by atoms with Gasteiger partial charge in [-0.05, 0) is 114 Å². The maximum absolute atomic E-state index is 12.9. The third-order valence-corrected chi connectivity index (χ3v) is 11.3. The van der Waals surface area contributed by atoms with E-state index in [4.69, 9.17) is 16.3 Å². The van der Waals surface area contributed by atoms with Gasteiger partial charge in [-0.3, -0.25) is 4.68 Å². The summed E-state index contributed by atoms with van der Waals surface area (Å²) < 4.78 is 33.7. The standard InChI is InChI=1S/C31H42ClN7O3S/c1-19(2)43(40,41)30-27(18-38(4)37-30)34-29-25(32)17-33-31(36-29)35-26-15-20(3)24(16-28(26)42-23-11-12-23)21-7-9-22(10-8-21)39-13-5-6-14-39/h15-19,21-23H,5-14H2,1-4H3,(H2,33,34,35,36). The number of hydrogen-bond acceptors (Lipinski definition) is 9. The van der Waals surface area contributed by atoms with Crippen molar-refractivity contribution in [1.82, 2.24) is 24.6 Å². The van der Waals surface area contributed by atoms with E-state index in [1.807, 2.05) is 0 Å². The number of nitrogens with zero attached hydrogens (tertiary/aromatic N) is 5. The highest BCUT2D eigenvalue weighted by atomic mass is 35.5. The Morgan fingerprint density at radius 1 is 1.02 bits per heavy atom. The van der Waals surface area contributed by atoms with Crippen molar-refractivity contribution in [3.05, 3.63) is 40.7 Å². The zero-order valence-electron chi connectivity index (χ0n) is 25.4. The number of aryl methyl sites for hydroxylation is 2. The average Bonchev–Trinajstić information content (AvgIpc) is 3.45.